The summed E-state index contributed by atoms with van der Waals surface area (Å²) in [6.07, 6.45) is 0.312. The minimum Gasteiger partial charge on any atom is -0.477 e. The number of nitrogens with one attached hydrogen (secondary N) is 1. The molecular formula is C15H15N3O5. The van der Waals surface area contributed by atoms with Gasteiger partial charge in [-0.15, -0.1) is 0 Å². The Labute approximate surface area is 132 Å². The van der Waals surface area contributed by atoms with E-state index in [-0.39, 0.29) is 30.6 Å². The van der Waals surface area contributed by atoms with Gasteiger partial charge in [0.2, 0.25) is 11.8 Å². The minimum absolute atomic E-state index is 0.0954. The third kappa shape index (κ3) is 4.67. The fraction of sp³-hybridized carbons (Fsp3) is 0.200. The van der Waals surface area contributed by atoms with Crippen molar-refractivity contribution in [3.8, 4) is 5.88 Å². The number of carbonyl (C=O) groups is 2. The SMILES string of the molecule is CCOc1nc(NC(=O)OCc2ccccc2)ncc1C(=O)O. The van der Waals surface area contributed by atoms with Gasteiger partial charge in [0.25, 0.3) is 0 Å². The number of rotatable bonds is 6. The molecule has 0 radical (unpaired) electrons. The van der Waals surface area contributed by atoms with Crippen molar-refractivity contribution in [3.63, 3.8) is 0 Å². The van der Waals surface area contributed by atoms with E-state index in [4.69, 9.17) is 14.6 Å². The first kappa shape index (κ1) is 16.2. The first-order valence-corrected chi connectivity index (χ1v) is 6.81. The van der Waals surface area contributed by atoms with Crippen molar-refractivity contribution < 1.29 is 24.2 Å². The first-order chi connectivity index (χ1) is 11.1. The Morgan fingerprint density at radius 2 is 2.00 bits per heavy atom. The molecule has 2 N–H and O–H groups in total. The number of aromatic nitrogens is 2. The molecule has 1 aromatic heterocycles. The zero-order valence-electron chi connectivity index (χ0n) is 12.4. The molecule has 2 rings (SSSR count). The number of nitrogens with zero attached hydrogens (tertiary/aromatic N) is 2. The molecule has 23 heavy (non-hydrogen) atoms. The molecule has 0 fully saturated rings. The van der Waals surface area contributed by atoms with Crippen molar-refractivity contribution in [2.75, 3.05) is 11.9 Å². The van der Waals surface area contributed by atoms with Crippen molar-refractivity contribution in [1.82, 2.24) is 9.97 Å². The fourth-order valence-corrected chi connectivity index (χ4v) is 1.67. The number of hydrogen-bond acceptors (Lipinski definition) is 6. The molecule has 0 aliphatic carbocycles. The second-order valence-corrected chi connectivity index (χ2v) is 4.34. The average Bonchev–Trinajstić information content (AvgIpc) is 2.54. The first-order valence-electron chi connectivity index (χ1n) is 6.81. The zero-order valence-corrected chi connectivity index (χ0v) is 12.4. The van der Waals surface area contributed by atoms with Crippen LogP contribution in [0.3, 0.4) is 0 Å². The lowest BCUT2D eigenvalue weighted by molar-refractivity contribution is 0.0691. The summed E-state index contributed by atoms with van der Waals surface area (Å²) in [5.41, 5.74) is 0.648. The smallest absolute Gasteiger partial charge is 0.414 e. The van der Waals surface area contributed by atoms with Gasteiger partial charge in [-0.1, -0.05) is 30.3 Å². The second kappa shape index (κ2) is 7.74. The van der Waals surface area contributed by atoms with E-state index in [2.05, 4.69) is 15.3 Å². The summed E-state index contributed by atoms with van der Waals surface area (Å²) < 4.78 is 10.1. The fourth-order valence-electron chi connectivity index (χ4n) is 1.67. The molecule has 0 spiro atoms. The summed E-state index contributed by atoms with van der Waals surface area (Å²) in [6, 6.07) is 9.16. The Hall–Kier alpha value is -3.16. The molecule has 0 atom stereocenters. The van der Waals surface area contributed by atoms with Crippen LogP contribution < -0.4 is 10.1 Å². The van der Waals surface area contributed by atoms with E-state index in [1.807, 2.05) is 30.3 Å². The van der Waals surface area contributed by atoms with Crippen LogP contribution >= 0.6 is 0 Å². The molecule has 2 aromatic rings. The quantitative estimate of drug-likeness (QED) is 0.841. The molecule has 0 saturated carbocycles. The highest BCUT2D eigenvalue weighted by molar-refractivity contribution is 5.90. The maximum Gasteiger partial charge on any atom is 0.414 e. The van der Waals surface area contributed by atoms with Gasteiger partial charge in [-0.2, -0.15) is 4.98 Å². The number of hydrogen-bond donors (Lipinski definition) is 2. The van der Waals surface area contributed by atoms with Gasteiger partial charge in [0.1, 0.15) is 12.2 Å². The number of carboxylic acids is 1. The molecule has 0 bridgehead atoms. The largest absolute Gasteiger partial charge is 0.477 e. The van der Waals surface area contributed by atoms with E-state index in [9.17, 15) is 9.59 Å². The molecule has 1 amide bonds. The summed E-state index contributed by atoms with van der Waals surface area (Å²) in [6.45, 7) is 2.02. The summed E-state index contributed by atoms with van der Waals surface area (Å²) in [7, 11) is 0. The van der Waals surface area contributed by atoms with Gasteiger partial charge in [-0.25, -0.2) is 14.6 Å². The topological polar surface area (TPSA) is 111 Å². The van der Waals surface area contributed by atoms with E-state index in [0.29, 0.717) is 0 Å². The molecule has 1 heterocycles. The molecule has 8 heteroatoms. The number of anilines is 1. The Morgan fingerprint density at radius 3 is 2.65 bits per heavy atom. The van der Waals surface area contributed by atoms with E-state index in [0.717, 1.165) is 11.8 Å². The normalized spacial score (nSPS) is 9.96. The predicted octanol–water partition coefficient (Wildman–Crippen LogP) is 2.32. The van der Waals surface area contributed by atoms with Crippen molar-refractivity contribution in [3.05, 3.63) is 47.7 Å². The highest BCUT2D eigenvalue weighted by Gasteiger charge is 2.16. The Bertz CT molecular complexity index is 691. The molecule has 0 aliphatic heterocycles. The summed E-state index contributed by atoms with van der Waals surface area (Å²) in [5, 5.41) is 11.3. The monoisotopic (exact) mass is 317 g/mol. The van der Waals surface area contributed by atoms with E-state index in [1.54, 1.807) is 6.92 Å². The van der Waals surface area contributed by atoms with Gasteiger partial charge >= 0.3 is 12.1 Å². The van der Waals surface area contributed by atoms with Crippen LogP contribution in [0, 0.1) is 0 Å². The van der Waals surface area contributed by atoms with Crippen LogP contribution in [-0.2, 0) is 11.3 Å². The van der Waals surface area contributed by atoms with Crippen LogP contribution in [0.15, 0.2) is 36.5 Å². The second-order valence-electron chi connectivity index (χ2n) is 4.34. The van der Waals surface area contributed by atoms with Crippen LogP contribution in [-0.4, -0.2) is 33.7 Å². The van der Waals surface area contributed by atoms with Gasteiger partial charge < -0.3 is 14.6 Å². The third-order valence-corrected chi connectivity index (χ3v) is 2.69. The van der Waals surface area contributed by atoms with Crippen LogP contribution in [0.4, 0.5) is 10.7 Å². The van der Waals surface area contributed by atoms with Gasteiger partial charge in [0.15, 0.2) is 0 Å². The Balaban J connectivity index is 2.00. The van der Waals surface area contributed by atoms with Crippen molar-refractivity contribution in [2.24, 2.45) is 0 Å². The van der Waals surface area contributed by atoms with Gasteiger partial charge in [-0.05, 0) is 12.5 Å². The van der Waals surface area contributed by atoms with Gasteiger partial charge in [0.05, 0.1) is 12.8 Å². The van der Waals surface area contributed by atoms with Crippen molar-refractivity contribution in [1.29, 1.82) is 0 Å². The molecule has 8 nitrogen and oxygen atoms in total. The molecule has 0 unspecified atom stereocenters. The number of carboxylic acid groups (broad SMARTS) is 1. The lowest BCUT2D eigenvalue weighted by Crippen LogP contribution is -2.17. The number of benzene rings is 1. The zero-order chi connectivity index (χ0) is 16.7. The van der Waals surface area contributed by atoms with Gasteiger partial charge in [-0.3, -0.25) is 5.32 Å². The van der Waals surface area contributed by atoms with Crippen LogP contribution in [0.25, 0.3) is 0 Å². The number of amides is 1. The highest BCUT2D eigenvalue weighted by atomic mass is 16.5. The van der Waals surface area contributed by atoms with Crippen LogP contribution in [0.1, 0.15) is 22.8 Å². The molecule has 0 saturated heterocycles. The average molecular weight is 317 g/mol. The van der Waals surface area contributed by atoms with Crippen molar-refractivity contribution in [2.45, 2.75) is 13.5 Å². The number of carbonyl (C=O) groups excluding carboxylic acids is 1. The van der Waals surface area contributed by atoms with Crippen LogP contribution in [0.2, 0.25) is 0 Å². The van der Waals surface area contributed by atoms with Crippen LogP contribution in [0.5, 0.6) is 5.88 Å². The Kier molecular flexibility index (Phi) is 5.45. The molecular weight excluding hydrogens is 302 g/mol. The number of aromatic carboxylic acids is 1. The summed E-state index contributed by atoms with van der Waals surface area (Å²) >= 11 is 0. The standard InChI is InChI=1S/C15H15N3O5/c1-2-22-12-11(13(19)20)8-16-14(17-12)18-15(21)23-9-10-6-4-3-5-7-10/h3-8H,2,9H2,1H3,(H,19,20)(H,16,17,18,21). The van der Waals surface area contributed by atoms with Crippen molar-refractivity contribution >= 4 is 18.0 Å². The Morgan fingerprint density at radius 1 is 1.26 bits per heavy atom. The predicted molar refractivity (Wildman–Crippen MR) is 80.4 cm³/mol. The van der Waals surface area contributed by atoms with Gasteiger partial charge in [0, 0.05) is 0 Å². The van der Waals surface area contributed by atoms with E-state index in [1.165, 1.54) is 0 Å². The summed E-state index contributed by atoms with van der Waals surface area (Å²) in [4.78, 5) is 30.3. The third-order valence-electron chi connectivity index (χ3n) is 2.69. The maximum atomic E-state index is 11.7. The lowest BCUT2D eigenvalue weighted by atomic mass is 10.2. The molecule has 1 aromatic carbocycles. The molecule has 120 valence electrons. The maximum absolute atomic E-state index is 11.7. The summed E-state index contributed by atoms with van der Waals surface area (Å²) in [5.74, 6) is -1.43. The minimum atomic E-state index is -1.22. The highest BCUT2D eigenvalue weighted by Crippen LogP contribution is 2.16. The number of ether oxygens (including phenoxy) is 2. The van der Waals surface area contributed by atoms with E-state index >= 15 is 0 Å². The lowest BCUT2D eigenvalue weighted by Gasteiger charge is -2.09. The van der Waals surface area contributed by atoms with E-state index < -0.39 is 12.1 Å². The molecule has 0 aliphatic rings.